The fourth-order valence-electron chi connectivity index (χ4n) is 8.75. The van der Waals surface area contributed by atoms with Crippen molar-refractivity contribution in [2.24, 2.45) is 0 Å². The second-order valence-electron chi connectivity index (χ2n) is 19.1. The van der Waals surface area contributed by atoms with Crippen molar-refractivity contribution in [2.75, 3.05) is 37.9 Å². The molecule has 20 heteroatoms. The van der Waals surface area contributed by atoms with Gasteiger partial charge in [0.05, 0.1) is 0 Å². The molecule has 4 aliphatic carbocycles. The molecule has 4 saturated carbocycles. The number of aromatic nitrogens is 6. The van der Waals surface area contributed by atoms with Crippen molar-refractivity contribution >= 4 is 143 Å². The molecule has 400 valence electrons. The molecule has 4 aliphatic rings. The van der Waals surface area contributed by atoms with Gasteiger partial charge in [-0.3, -0.25) is 0 Å². The summed E-state index contributed by atoms with van der Waals surface area (Å²) in [6.07, 6.45) is 41.2. The highest BCUT2D eigenvalue weighted by Crippen LogP contribution is 2.46. The molecule has 10 nitrogen and oxygen atoms in total. The van der Waals surface area contributed by atoms with Gasteiger partial charge in [0.1, 0.15) is 0 Å². The molecule has 0 amide bonds. The van der Waals surface area contributed by atoms with Gasteiger partial charge in [0.25, 0.3) is 23.8 Å². The summed E-state index contributed by atoms with van der Waals surface area (Å²) in [7, 11) is 0. The smallest absolute Gasteiger partial charge is 0.225 e. The molecule has 0 spiro atoms. The van der Waals surface area contributed by atoms with Crippen LogP contribution in [-0.2, 0) is 0 Å². The fraction of sp³-hybridized carbons (Fsp3) is 0.880. The standard InChI is InChI=1S/C27H52ClN5S4.C23H36ClN5S4/c1-5-9-13-17-21-34-32(35-22-18-14-10-6-2)26-29-25(28)30-27(31-26)33(36-23-19-15-11-7-3)37-24-20-16-12-8-4;24-21-25-22(28(30-17-9-1-2-10-17)31-18-11-3-4-12-18)27-23(26-21)29(32-19-13-5-6-14-19)33-20-15-7-8-16-20/h5-24H2,1-4H3;17-20H,1-16H2. The molecule has 4 fully saturated rings. The van der Waals surface area contributed by atoms with Gasteiger partial charge in [-0.05, 0) is 196 Å². The molecule has 0 N–H and O–H groups in total. The summed E-state index contributed by atoms with van der Waals surface area (Å²) in [6, 6.07) is 0. The van der Waals surface area contributed by atoms with E-state index in [1.54, 1.807) is 0 Å². The van der Waals surface area contributed by atoms with E-state index in [9.17, 15) is 0 Å². The predicted molar refractivity (Wildman–Crippen MR) is 325 cm³/mol. The largest absolute Gasteiger partial charge is 0.252 e. The van der Waals surface area contributed by atoms with E-state index < -0.39 is 0 Å². The van der Waals surface area contributed by atoms with E-state index in [1.165, 1.54) is 205 Å². The van der Waals surface area contributed by atoms with Crippen LogP contribution in [-0.4, -0.2) is 73.9 Å². The van der Waals surface area contributed by atoms with Crippen LogP contribution in [0.15, 0.2) is 0 Å². The van der Waals surface area contributed by atoms with E-state index in [0.717, 1.165) is 34.9 Å². The van der Waals surface area contributed by atoms with Crippen molar-refractivity contribution in [1.29, 1.82) is 0 Å². The van der Waals surface area contributed by atoms with Crippen LogP contribution >= 0.6 is 119 Å². The Balaban J connectivity index is 0.000000262. The number of rotatable bonds is 36. The van der Waals surface area contributed by atoms with Crippen molar-refractivity contribution in [3.05, 3.63) is 10.6 Å². The molecule has 2 heterocycles. The first-order chi connectivity index (χ1) is 34.4. The van der Waals surface area contributed by atoms with Crippen LogP contribution in [0.3, 0.4) is 0 Å². The van der Waals surface area contributed by atoms with Gasteiger partial charge in [0.15, 0.2) is 0 Å². The van der Waals surface area contributed by atoms with Crippen LogP contribution in [0.4, 0.5) is 23.8 Å². The Kier molecular flexibility index (Phi) is 33.5. The van der Waals surface area contributed by atoms with Crippen molar-refractivity contribution in [3.63, 3.8) is 0 Å². The minimum atomic E-state index is 0.284. The fourth-order valence-corrected chi connectivity index (χ4v) is 19.2. The first-order valence-electron chi connectivity index (χ1n) is 27.6. The van der Waals surface area contributed by atoms with Gasteiger partial charge < -0.3 is 0 Å². The lowest BCUT2D eigenvalue weighted by atomic mass is 10.2. The maximum absolute atomic E-state index is 6.55. The lowest BCUT2D eigenvalue weighted by Gasteiger charge is -2.28. The van der Waals surface area contributed by atoms with E-state index >= 15 is 0 Å². The highest BCUT2D eigenvalue weighted by Gasteiger charge is 2.31. The number of unbranched alkanes of at least 4 members (excludes halogenated alkanes) is 12. The molecule has 70 heavy (non-hydrogen) atoms. The second-order valence-corrected chi connectivity index (χ2v) is 29.8. The van der Waals surface area contributed by atoms with Crippen molar-refractivity contribution in [1.82, 2.24) is 29.9 Å². The third-order valence-electron chi connectivity index (χ3n) is 12.8. The Labute approximate surface area is 471 Å². The van der Waals surface area contributed by atoms with E-state index in [1.807, 2.05) is 95.6 Å². The zero-order valence-corrected chi connectivity index (χ0v) is 51.3. The van der Waals surface area contributed by atoms with Gasteiger partial charge in [-0.2, -0.15) is 29.9 Å². The number of hydrogen-bond donors (Lipinski definition) is 0. The number of halogens is 2. The second kappa shape index (κ2) is 38.2. The van der Waals surface area contributed by atoms with Crippen LogP contribution in [0.5, 0.6) is 0 Å². The molecule has 6 rings (SSSR count). The summed E-state index contributed by atoms with van der Waals surface area (Å²) in [5.74, 6) is 7.13. The maximum Gasteiger partial charge on any atom is 0.252 e. The lowest BCUT2D eigenvalue weighted by molar-refractivity contribution is 0.706. The highest BCUT2D eigenvalue weighted by molar-refractivity contribution is 8.19. The number of hydrogen-bond acceptors (Lipinski definition) is 18. The van der Waals surface area contributed by atoms with E-state index in [2.05, 4.69) is 62.5 Å². The first-order valence-corrected chi connectivity index (χ1v) is 35.5. The molecule has 2 aromatic rings. The topological polar surface area (TPSA) is 90.3 Å². The molecular weight excluding hydrogens is 1070 g/mol. The number of anilines is 4. The van der Waals surface area contributed by atoms with Crippen molar-refractivity contribution < 1.29 is 0 Å². The average molecular weight is 1160 g/mol. The Morgan fingerprint density at radius 3 is 0.786 bits per heavy atom. The van der Waals surface area contributed by atoms with Crippen LogP contribution in [0.25, 0.3) is 0 Å². The van der Waals surface area contributed by atoms with Gasteiger partial charge in [0, 0.05) is 44.0 Å². The average Bonchev–Trinajstić information content (AvgIpc) is 4.23. The molecule has 2 aromatic heterocycles. The van der Waals surface area contributed by atoms with E-state index in [4.69, 9.17) is 33.2 Å². The molecule has 0 aromatic carbocycles. The quantitative estimate of drug-likeness (QED) is 0.0478. The summed E-state index contributed by atoms with van der Waals surface area (Å²) < 4.78 is 9.01. The number of nitrogens with zero attached hydrogens (tertiary/aromatic N) is 10. The summed E-state index contributed by atoms with van der Waals surface area (Å²) in [6.45, 7) is 9.04. The maximum atomic E-state index is 6.55. The Morgan fingerprint density at radius 1 is 0.329 bits per heavy atom. The van der Waals surface area contributed by atoms with Crippen molar-refractivity contribution in [2.45, 2.75) is 254 Å². The molecule has 0 bridgehead atoms. The van der Waals surface area contributed by atoms with E-state index in [0.29, 0.717) is 38.2 Å². The van der Waals surface area contributed by atoms with Crippen molar-refractivity contribution in [3.8, 4) is 0 Å². The molecular formula is C50H88Cl2N10S8. The van der Waals surface area contributed by atoms with Crippen LogP contribution in [0, 0.1) is 0 Å². The van der Waals surface area contributed by atoms with E-state index in [-0.39, 0.29) is 5.28 Å². The van der Waals surface area contributed by atoms with Gasteiger partial charge in [-0.15, -0.1) is 0 Å². The highest BCUT2D eigenvalue weighted by atomic mass is 35.5. The van der Waals surface area contributed by atoms with Gasteiger partial charge in [-0.1, -0.05) is 156 Å². The normalized spacial score (nSPS) is 16.9. The minimum absolute atomic E-state index is 0.284. The molecule has 0 unspecified atom stereocenters. The predicted octanol–water partition coefficient (Wildman–Crippen LogP) is 19.6. The monoisotopic (exact) mass is 1150 g/mol. The Hall–Kier alpha value is 0.600. The van der Waals surface area contributed by atoms with Gasteiger partial charge in [0.2, 0.25) is 10.6 Å². The third kappa shape index (κ3) is 24.7. The summed E-state index contributed by atoms with van der Waals surface area (Å²) >= 11 is 28.1. The van der Waals surface area contributed by atoms with Crippen LogP contribution in [0.2, 0.25) is 10.6 Å². The summed E-state index contributed by atoms with van der Waals surface area (Å²) in [4.78, 5) is 28.5. The lowest BCUT2D eigenvalue weighted by Crippen LogP contribution is -2.21. The van der Waals surface area contributed by atoms with Crippen LogP contribution < -0.4 is 14.8 Å². The Morgan fingerprint density at radius 2 is 0.557 bits per heavy atom. The molecule has 0 atom stereocenters. The summed E-state index contributed by atoms with van der Waals surface area (Å²) in [5, 5.41) is 3.25. The van der Waals surface area contributed by atoms with Gasteiger partial charge in [-0.25, -0.2) is 14.8 Å². The van der Waals surface area contributed by atoms with Gasteiger partial charge >= 0.3 is 0 Å². The minimum Gasteiger partial charge on any atom is -0.225 e. The summed E-state index contributed by atoms with van der Waals surface area (Å²) in [5.41, 5.74) is 0. The first kappa shape index (κ1) is 61.5. The van der Waals surface area contributed by atoms with Crippen LogP contribution in [0.1, 0.15) is 233 Å². The molecule has 0 aliphatic heterocycles. The zero-order chi connectivity index (χ0) is 49.4. The zero-order valence-electron chi connectivity index (χ0n) is 43.3. The third-order valence-corrected chi connectivity index (χ3v) is 23.4. The molecule has 0 radical (unpaired) electrons. The SMILES string of the molecule is CCCCCCSN(SCCCCCC)c1nc(Cl)nc(N(SCCCCCC)SCCCCCC)n1.Clc1nc(N(SC2CCCC2)SC2CCCC2)nc(N(SC2CCCC2)SC2CCCC2)n1. The Bertz CT molecular complexity index is 1470. The molecule has 0 saturated heterocycles.